The number of hydrogen-bond donors (Lipinski definition) is 0. The normalized spacial score (nSPS) is 11.6. The molecule has 10 aromatic rings. The zero-order valence-corrected chi connectivity index (χ0v) is 30.4. The van der Waals surface area contributed by atoms with Crippen molar-refractivity contribution in [3.63, 3.8) is 0 Å². The molecule has 56 heavy (non-hydrogen) atoms. The van der Waals surface area contributed by atoms with Gasteiger partial charge in [0.1, 0.15) is 0 Å². The molecule has 0 N–H and O–H groups in total. The third-order valence-corrected chi connectivity index (χ3v) is 11.1. The minimum Gasteiger partial charge on any atom is -0.264 e. The molecule has 0 atom stereocenters. The number of hydrogen-bond acceptors (Lipinski definition) is 3. The van der Waals surface area contributed by atoms with Crippen molar-refractivity contribution in [3.8, 4) is 89.5 Å². The number of benzene rings is 8. The van der Waals surface area contributed by atoms with Gasteiger partial charge >= 0.3 is 0 Å². The van der Waals surface area contributed by atoms with E-state index in [0.717, 1.165) is 44.6 Å². The van der Waals surface area contributed by atoms with E-state index in [1.54, 1.807) is 6.20 Å². The van der Waals surface area contributed by atoms with Crippen LogP contribution in [-0.2, 0) is 0 Å². The second-order valence-corrected chi connectivity index (χ2v) is 14.3. The zero-order valence-electron chi connectivity index (χ0n) is 30.4. The van der Waals surface area contributed by atoms with Crippen LogP contribution in [0.5, 0.6) is 0 Å². The molecule has 1 aliphatic rings. The summed E-state index contributed by atoms with van der Waals surface area (Å²) in [5.41, 5.74) is 17.0. The van der Waals surface area contributed by atoms with Gasteiger partial charge in [-0.25, -0.2) is 9.97 Å². The van der Waals surface area contributed by atoms with Crippen LogP contribution in [0.2, 0.25) is 0 Å². The van der Waals surface area contributed by atoms with Gasteiger partial charge in [-0.15, -0.1) is 0 Å². The fourth-order valence-corrected chi connectivity index (χ4v) is 8.67. The molecule has 2 heterocycles. The van der Waals surface area contributed by atoms with Gasteiger partial charge in [0.15, 0.2) is 5.82 Å². The van der Waals surface area contributed by atoms with E-state index in [9.17, 15) is 0 Å². The first-order valence-corrected chi connectivity index (χ1v) is 19.0. The van der Waals surface area contributed by atoms with Crippen molar-refractivity contribution in [2.75, 3.05) is 0 Å². The van der Waals surface area contributed by atoms with E-state index >= 15 is 0 Å². The van der Waals surface area contributed by atoms with Crippen LogP contribution in [0.3, 0.4) is 0 Å². The average Bonchev–Trinajstić information content (AvgIpc) is 3.61. The van der Waals surface area contributed by atoms with Crippen LogP contribution < -0.4 is 0 Å². The van der Waals surface area contributed by atoms with Gasteiger partial charge in [-0.1, -0.05) is 164 Å². The summed E-state index contributed by atoms with van der Waals surface area (Å²) in [6.45, 7) is 0. The first-order chi connectivity index (χ1) is 27.8. The Morgan fingerprint density at radius 1 is 0.304 bits per heavy atom. The molecule has 0 bridgehead atoms. The van der Waals surface area contributed by atoms with Gasteiger partial charge in [0.2, 0.25) is 0 Å². The van der Waals surface area contributed by atoms with E-state index in [0.29, 0.717) is 5.82 Å². The summed E-state index contributed by atoms with van der Waals surface area (Å²) in [4.78, 5) is 15.0. The summed E-state index contributed by atoms with van der Waals surface area (Å²) in [7, 11) is 0. The lowest BCUT2D eigenvalue weighted by atomic mass is 9.82. The fourth-order valence-electron chi connectivity index (χ4n) is 8.67. The molecule has 0 saturated heterocycles. The maximum atomic E-state index is 5.36. The molecular formula is C53H33N3. The Hall–Kier alpha value is -7.49. The second-order valence-electron chi connectivity index (χ2n) is 14.3. The molecule has 8 aromatic carbocycles. The molecule has 11 rings (SSSR count). The van der Waals surface area contributed by atoms with E-state index in [2.05, 4.69) is 181 Å². The number of aromatic nitrogens is 3. The molecule has 3 nitrogen and oxygen atoms in total. The molecule has 1 aliphatic carbocycles. The predicted molar refractivity (Wildman–Crippen MR) is 232 cm³/mol. The van der Waals surface area contributed by atoms with Crippen LogP contribution in [0.15, 0.2) is 200 Å². The number of rotatable bonds is 6. The van der Waals surface area contributed by atoms with Crippen molar-refractivity contribution < 1.29 is 0 Å². The highest BCUT2D eigenvalue weighted by atomic mass is 14.9. The Morgan fingerprint density at radius 2 is 0.804 bits per heavy atom. The molecule has 0 aliphatic heterocycles. The SMILES string of the molecule is c1ccc(-c2cc(-c3cccc(-c4cccnc4)c3)nc(-c3ccc4c5c(cccc35)-c3c-4c(-c4ccccc4)c4ccccc4c3-c3ccccc3)n2)cc1. The van der Waals surface area contributed by atoms with Gasteiger partial charge in [0, 0.05) is 34.6 Å². The lowest BCUT2D eigenvalue weighted by Gasteiger charge is -2.20. The van der Waals surface area contributed by atoms with Gasteiger partial charge < -0.3 is 0 Å². The van der Waals surface area contributed by atoms with Crippen molar-refractivity contribution in [1.82, 2.24) is 15.0 Å². The van der Waals surface area contributed by atoms with Gasteiger partial charge in [0.25, 0.3) is 0 Å². The lowest BCUT2D eigenvalue weighted by Crippen LogP contribution is -1.97. The van der Waals surface area contributed by atoms with Crippen molar-refractivity contribution in [2.45, 2.75) is 0 Å². The molecule has 0 spiro atoms. The summed E-state index contributed by atoms with van der Waals surface area (Å²) in [5, 5.41) is 4.87. The molecule has 2 aromatic heterocycles. The van der Waals surface area contributed by atoms with Crippen LogP contribution in [-0.4, -0.2) is 15.0 Å². The Kier molecular flexibility index (Phi) is 7.49. The first-order valence-electron chi connectivity index (χ1n) is 19.0. The van der Waals surface area contributed by atoms with Crippen LogP contribution in [0, 0.1) is 0 Å². The molecule has 0 amide bonds. The monoisotopic (exact) mass is 711 g/mol. The lowest BCUT2D eigenvalue weighted by molar-refractivity contribution is 1.19. The average molecular weight is 712 g/mol. The van der Waals surface area contributed by atoms with Gasteiger partial charge in [0.05, 0.1) is 11.4 Å². The highest BCUT2D eigenvalue weighted by Crippen LogP contribution is 2.58. The molecule has 0 unspecified atom stereocenters. The molecule has 3 heteroatoms. The van der Waals surface area contributed by atoms with E-state index in [1.807, 2.05) is 18.3 Å². The van der Waals surface area contributed by atoms with E-state index in [1.165, 1.54) is 60.7 Å². The highest BCUT2D eigenvalue weighted by molar-refractivity contribution is 6.28. The van der Waals surface area contributed by atoms with E-state index in [-0.39, 0.29) is 0 Å². The zero-order chi connectivity index (χ0) is 37.0. The summed E-state index contributed by atoms with van der Waals surface area (Å²) in [6.07, 6.45) is 3.71. The van der Waals surface area contributed by atoms with Crippen LogP contribution in [0.4, 0.5) is 0 Å². The topological polar surface area (TPSA) is 38.7 Å². The minimum atomic E-state index is 0.699. The number of nitrogens with zero attached hydrogens (tertiary/aromatic N) is 3. The van der Waals surface area contributed by atoms with Crippen molar-refractivity contribution in [1.29, 1.82) is 0 Å². The maximum absolute atomic E-state index is 5.36. The smallest absolute Gasteiger partial charge is 0.161 e. The third-order valence-electron chi connectivity index (χ3n) is 11.1. The van der Waals surface area contributed by atoms with Crippen LogP contribution >= 0.6 is 0 Å². The van der Waals surface area contributed by atoms with Gasteiger partial charge in [-0.2, -0.15) is 0 Å². The van der Waals surface area contributed by atoms with Crippen LogP contribution in [0.25, 0.3) is 111 Å². The van der Waals surface area contributed by atoms with Crippen molar-refractivity contribution in [3.05, 3.63) is 200 Å². The quantitative estimate of drug-likeness (QED) is 0.172. The second kappa shape index (κ2) is 13.1. The number of fused-ring (bicyclic) bond motifs is 4. The summed E-state index contributed by atoms with van der Waals surface area (Å²) in [6, 6.07) is 67.1. The van der Waals surface area contributed by atoms with Crippen molar-refractivity contribution >= 4 is 21.5 Å². The minimum absolute atomic E-state index is 0.699. The molecule has 0 fully saturated rings. The number of pyridine rings is 1. The first kappa shape index (κ1) is 32.0. The largest absolute Gasteiger partial charge is 0.264 e. The molecule has 0 saturated carbocycles. The summed E-state index contributed by atoms with van der Waals surface area (Å²) in [5.74, 6) is 0.699. The predicted octanol–water partition coefficient (Wildman–Crippen LogP) is 13.8. The maximum Gasteiger partial charge on any atom is 0.161 e. The van der Waals surface area contributed by atoms with Crippen molar-refractivity contribution in [2.24, 2.45) is 0 Å². The van der Waals surface area contributed by atoms with Gasteiger partial charge in [-0.3, -0.25) is 4.98 Å². The van der Waals surface area contributed by atoms with E-state index < -0.39 is 0 Å². The third kappa shape index (κ3) is 5.17. The van der Waals surface area contributed by atoms with Gasteiger partial charge in [-0.05, 0) is 95.9 Å². The summed E-state index contributed by atoms with van der Waals surface area (Å²) < 4.78 is 0. The Bertz CT molecular complexity index is 3010. The Morgan fingerprint density at radius 3 is 1.45 bits per heavy atom. The Labute approximate surface area is 325 Å². The molecular weight excluding hydrogens is 679 g/mol. The standard InChI is InChI=1S/C53H33N3/c1-4-15-34(16-5-1)46-32-47(38-22-12-21-37(31-38)39-23-14-30-54-33-39)56-53(55-46)43-28-29-45-50-42(43)26-13-27-44(50)51-48(35-17-6-2-7-18-35)40-24-10-11-25-41(40)49(52(45)51)36-19-8-3-9-20-36/h1-33H. The molecule has 260 valence electrons. The van der Waals surface area contributed by atoms with Crippen LogP contribution in [0.1, 0.15) is 0 Å². The van der Waals surface area contributed by atoms with E-state index in [4.69, 9.17) is 9.97 Å². The fraction of sp³-hybridized carbons (Fsp3) is 0. The summed E-state index contributed by atoms with van der Waals surface area (Å²) >= 11 is 0. The molecule has 0 radical (unpaired) electrons. The Balaban J connectivity index is 1.19. The highest BCUT2D eigenvalue weighted by Gasteiger charge is 2.31.